The molecule has 1 heterocycles. The summed E-state index contributed by atoms with van der Waals surface area (Å²) < 4.78 is 9.54. The van der Waals surface area contributed by atoms with Crippen LogP contribution in [-0.2, 0) is 4.74 Å². The third-order valence-electron chi connectivity index (χ3n) is 2.02. The lowest BCUT2D eigenvalue weighted by Crippen LogP contribution is -2.16. The molecule has 0 spiro atoms. The second-order valence-corrected chi connectivity index (χ2v) is 3.30. The molecule has 0 aliphatic carbocycles. The van der Waals surface area contributed by atoms with Crippen molar-refractivity contribution >= 4 is 11.5 Å². The third-order valence-corrected chi connectivity index (χ3v) is 2.02. The topological polar surface area (TPSA) is 86.2 Å². The molecule has 3 N–H and O–H groups in total. The maximum absolute atomic E-state index is 5.63. The Morgan fingerprint density at radius 2 is 2.38 bits per heavy atom. The molecular weight excluding hydrogens is 208 g/mol. The minimum absolute atomic E-state index is 0.305. The molecule has 0 aliphatic heterocycles. The highest BCUT2D eigenvalue weighted by atomic mass is 16.6. The average Bonchev–Trinajstić information content (AvgIpc) is 2.69. The molecule has 1 aromatic rings. The van der Waals surface area contributed by atoms with Crippen LogP contribution in [0.1, 0.15) is 25.5 Å². The van der Waals surface area contributed by atoms with Crippen LogP contribution in [0.25, 0.3) is 5.70 Å². The van der Waals surface area contributed by atoms with Gasteiger partial charge in [-0.3, -0.25) is 0 Å². The van der Waals surface area contributed by atoms with Crippen molar-refractivity contribution in [2.24, 2.45) is 0 Å². The summed E-state index contributed by atoms with van der Waals surface area (Å²) in [6, 6.07) is 0. The van der Waals surface area contributed by atoms with E-state index in [9.17, 15) is 0 Å². The molecule has 16 heavy (non-hydrogen) atoms. The van der Waals surface area contributed by atoms with E-state index < -0.39 is 0 Å². The van der Waals surface area contributed by atoms with Crippen LogP contribution in [0.5, 0.6) is 0 Å². The van der Waals surface area contributed by atoms with E-state index >= 15 is 0 Å². The van der Waals surface area contributed by atoms with Gasteiger partial charge in [0.05, 0.1) is 5.70 Å². The van der Waals surface area contributed by atoms with Gasteiger partial charge in [0.2, 0.25) is 0 Å². The van der Waals surface area contributed by atoms with Gasteiger partial charge in [0.1, 0.15) is 0 Å². The molecule has 0 aliphatic rings. The highest BCUT2D eigenvalue weighted by Crippen LogP contribution is 2.15. The number of aromatic nitrogens is 2. The smallest absolute Gasteiger partial charge is 0.197 e. The second-order valence-electron chi connectivity index (χ2n) is 3.30. The predicted molar refractivity (Wildman–Crippen MR) is 61.5 cm³/mol. The van der Waals surface area contributed by atoms with E-state index in [4.69, 9.17) is 10.5 Å². The van der Waals surface area contributed by atoms with Gasteiger partial charge in [0, 0.05) is 20.3 Å². The molecule has 0 saturated heterocycles. The Kier molecular flexibility index (Phi) is 5.35. The molecule has 1 rings (SSSR count). The fourth-order valence-electron chi connectivity index (χ4n) is 1.28. The van der Waals surface area contributed by atoms with Crippen molar-refractivity contribution in [2.75, 3.05) is 26.0 Å². The van der Waals surface area contributed by atoms with Gasteiger partial charge in [0.15, 0.2) is 11.5 Å². The number of nitrogens with two attached hydrogens (primary N) is 1. The largest absolute Gasteiger partial charge is 0.385 e. The van der Waals surface area contributed by atoms with Gasteiger partial charge < -0.3 is 15.8 Å². The van der Waals surface area contributed by atoms with Crippen LogP contribution >= 0.6 is 0 Å². The van der Waals surface area contributed by atoms with Crippen molar-refractivity contribution < 1.29 is 9.37 Å². The van der Waals surface area contributed by atoms with Gasteiger partial charge in [-0.05, 0) is 23.2 Å². The maximum Gasteiger partial charge on any atom is 0.197 e. The summed E-state index contributed by atoms with van der Waals surface area (Å²) in [6.07, 6.45) is 3.81. The fraction of sp³-hybridized carbons (Fsp3) is 0.600. The first-order valence-corrected chi connectivity index (χ1v) is 5.31. The van der Waals surface area contributed by atoms with Crippen molar-refractivity contribution in [2.45, 2.75) is 19.8 Å². The van der Waals surface area contributed by atoms with Crippen molar-refractivity contribution in [1.29, 1.82) is 0 Å². The van der Waals surface area contributed by atoms with Gasteiger partial charge in [-0.1, -0.05) is 13.0 Å². The highest BCUT2D eigenvalue weighted by Gasteiger charge is 2.10. The van der Waals surface area contributed by atoms with E-state index in [0.717, 1.165) is 31.7 Å². The molecule has 0 atom stereocenters. The quantitative estimate of drug-likeness (QED) is 0.675. The van der Waals surface area contributed by atoms with E-state index in [1.807, 2.05) is 13.0 Å². The summed E-state index contributed by atoms with van der Waals surface area (Å²) in [6.45, 7) is 3.56. The molecule has 0 saturated carbocycles. The van der Waals surface area contributed by atoms with Crippen LogP contribution in [0.15, 0.2) is 10.7 Å². The number of rotatable bonds is 7. The van der Waals surface area contributed by atoms with E-state index in [1.165, 1.54) is 0 Å². The number of ether oxygens (including phenoxy) is 1. The second kappa shape index (κ2) is 6.84. The monoisotopic (exact) mass is 226 g/mol. The molecule has 0 bridgehead atoms. The molecule has 6 heteroatoms. The lowest BCUT2D eigenvalue weighted by molar-refractivity contribution is 0.195. The van der Waals surface area contributed by atoms with Crippen molar-refractivity contribution in [3.8, 4) is 0 Å². The van der Waals surface area contributed by atoms with E-state index in [1.54, 1.807) is 7.11 Å². The summed E-state index contributed by atoms with van der Waals surface area (Å²) in [5.74, 6) is 0.305. The average molecular weight is 226 g/mol. The predicted octanol–water partition coefficient (Wildman–Crippen LogP) is 1.03. The maximum atomic E-state index is 5.63. The SMILES string of the molecule is CC/C=C(\NCCCOC)c1nonc1N. The van der Waals surface area contributed by atoms with Crippen LogP contribution in [0.3, 0.4) is 0 Å². The zero-order chi connectivity index (χ0) is 11.8. The Labute approximate surface area is 94.8 Å². The number of methoxy groups -OCH3 is 1. The van der Waals surface area contributed by atoms with E-state index in [2.05, 4.69) is 20.3 Å². The molecule has 0 radical (unpaired) electrons. The standard InChI is InChI=1S/C10H18N4O2/c1-3-5-8(12-6-4-7-15-2)9-10(11)14-16-13-9/h5,12H,3-4,6-7H2,1-2H3,(H2,11,14)/b8-5-. The molecule has 0 fully saturated rings. The first-order valence-electron chi connectivity index (χ1n) is 5.31. The lowest BCUT2D eigenvalue weighted by atomic mass is 10.2. The van der Waals surface area contributed by atoms with Crippen LogP contribution in [0.4, 0.5) is 5.82 Å². The molecule has 0 amide bonds. The lowest BCUT2D eigenvalue weighted by Gasteiger charge is -2.08. The molecule has 6 nitrogen and oxygen atoms in total. The Bertz CT molecular complexity index is 335. The van der Waals surface area contributed by atoms with E-state index in [0.29, 0.717) is 11.5 Å². The highest BCUT2D eigenvalue weighted by molar-refractivity contribution is 5.67. The minimum Gasteiger partial charge on any atom is -0.385 e. The Balaban J connectivity index is 2.56. The van der Waals surface area contributed by atoms with Gasteiger partial charge in [-0.25, -0.2) is 4.63 Å². The number of nitrogen functional groups attached to an aromatic ring is 1. The first kappa shape index (κ1) is 12.5. The number of nitrogens with one attached hydrogen (secondary N) is 1. The van der Waals surface area contributed by atoms with Gasteiger partial charge in [0.25, 0.3) is 0 Å². The number of hydrogen-bond donors (Lipinski definition) is 2. The van der Waals surface area contributed by atoms with Crippen LogP contribution < -0.4 is 11.1 Å². The number of hydrogen-bond acceptors (Lipinski definition) is 6. The number of allylic oxidation sites excluding steroid dienone is 1. The summed E-state index contributed by atoms with van der Waals surface area (Å²) in [4.78, 5) is 0. The zero-order valence-corrected chi connectivity index (χ0v) is 9.69. The molecular formula is C10H18N4O2. The van der Waals surface area contributed by atoms with Crippen molar-refractivity contribution in [3.05, 3.63) is 11.8 Å². The van der Waals surface area contributed by atoms with Crippen molar-refractivity contribution in [1.82, 2.24) is 15.6 Å². The minimum atomic E-state index is 0.305. The fourth-order valence-corrected chi connectivity index (χ4v) is 1.28. The first-order chi connectivity index (χ1) is 7.79. The Morgan fingerprint density at radius 3 is 2.94 bits per heavy atom. The van der Waals surface area contributed by atoms with Gasteiger partial charge in [-0.2, -0.15) is 0 Å². The summed E-state index contributed by atoms with van der Waals surface area (Å²) in [5.41, 5.74) is 7.06. The van der Waals surface area contributed by atoms with Crippen LogP contribution in [-0.4, -0.2) is 30.6 Å². The van der Waals surface area contributed by atoms with Crippen LogP contribution in [0, 0.1) is 0 Å². The molecule has 1 aromatic heterocycles. The molecule has 0 aromatic carbocycles. The Morgan fingerprint density at radius 1 is 1.56 bits per heavy atom. The van der Waals surface area contributed by atoms with Crippen LogP contribution in [0.2, 0.25) is 0 Å². The van der Waals surface area contributed by atoms with Crippen molar-refractivity contribution in [3.63, 3.8) is 0 Å². The van der Waals surface area contributed by atoms with E-state index in [-0.39, 0.29) is 0 Å². The summed E-state index contributed by atoms with van der Waals surface area (Å²) >= 11 is 0. The molecule has 0 unspecified atom stereocenters. The number of anilines is 1. The van der Waals surface area contributed by atoms with Gasteiger partial charge in [-0.15, -0.1) is 0 Å². The van der Waals surface area contributed by atoms with Gasteiger partial charge >= 0.3 is 0 Å². The molecule has 90 valence electrons. The number of nitrogens with zero attached hydrogens (tertiary/aromatic N) is 2. The summed E-state index contributed by atoms with van der Waals surface area (Å²) in [5, 5.41) is 10.5. The normalized spacial score (nSPS) is 11.8. The summed E-state index contributed by atoms with van der Waals surface area (Å²) in [7, 11) is 1.68. The third kappa shape index (κ3) is 3.54. The Hall–Kier alpha value is -1.56. The zero-order valence-electron chi connectivity index (χ0n) is 9.69.